The molecule has 0 aliphatic heterocycles. The lowest BCUT2D eigenvalue weighted by Gasteiger charge is -2.33. The van der Waals surface area contributed by atoms with Gasteiger partial charge in [-0.25, -0.2) is 4.98 Å². The Bertz CT molecular complexity index is 381. The molecule has 1 aromatic rings. The molecule has 3 rings (SSSR count). The highest BCUT2D eigenvalue weighted by molar-refractivity contribution is 5.03. The Morgan fingerprint density at radius 1 is 1.28 bits per heavy atom. The number of hydrogen-bond donors (Lipinski definition) is 1. The first-order valence-corrected chi connectivity index (χ1v) is 7.62. The Hall–Kier alpha value is -0.830. The van der Waals surface area contributed by atoms with Gasteiger partial charge in [-0.15, -0.1) is 0 Å². The first-order chi connectivity index (χ1) is 8.88. The van der Waals surface area contributed by atoms with Gasteiger partial charge in [-0.05, 0) is 31.6 Å². The molecule has 0 aromatic carbocycles. The topological polar surface area (TPSA) is 29.9 Å². The maximum absolute atomic E-state index is 4.39. The van der Waals surface area contributed by atoms with E-state index in [1.807, 2.05) is 0 Å². The molecule has 0 spiro atoms. The normalized spacial score (nSPS) is 28.5. The second-order valence-corrected chi connectivity index (χ2v) is 5.97. The second-order valence-electron chi connectivity index (χ2n) is 5.97. The van der Waals surface area contributed by atoms with Crippen molar-refractivity contribution in [3.63, 3.8) is 0 Å². The van der Waals surface area contributed by atoms with Crippen molar-refractivity contribution < 1.29 is 0 Å². The van der Waals surface area contributed by atoms with Gasteiger partial charge in [-0.3, -0.25) is 0 Å². The van der Waals surface area contributed by atoms with Gasteiger partial charge in [0.25, 0.3) is 0 Å². The molecule has 2 atom stereocenters. The van der Waals surface area contributed by atoms with Crippen LogP contribution in [0.4, 0.5) is 0 Å². The summed E-state index contributed by atoms with van der Waals surface area (Å²) in [7, 11) is 0. The minimum Gasteiger partial charge on any atom is -0.330 e. The van der Waals surface area contributed by atoms with Crippen LogP contribution < -0.4 is 5.32 Å². The predicted molar refractivity (Wildman–Crippen MR) is 73.4 cm³/mol. The van der Waals surface area contributed by atoms with Crippen molar-refractivity contribution in [2.45, 2.75) is 70.5 Å². The molecule has 0 amide bonds. The van der Waals surface area contributed by atoms with E-state index in [0.29, 0.717) is 6.04 Å². The second kappa shape index (κ2) is 5.43. The predicted octanol–water partition coefficient (Wildman–Crippen LogP) is 3.28. The largest absolute Gasteiger partial charge is 0.330 e. The lowest BCUT2D eigenvalue weighted by Crippen LogP contribution is -2.26. The molecule has 1 N–H and O–H groups in total. The van der Waals surface area contributed by atoms with Crippen molar-refractivity contribution in [3.8, 4) is 0 Å². The van der Waals surface area contributed by atoms with Crippen molar-refractivity contribution in [1.29, 1.82) is 0 Å². The van der Waals surface area contributed by atoms with Crippen molar-refractivity contribution in [2.75, 3.05) is 0 Å². The molecule has 3 heteroatoms. The summed E-state index contributed by atoms with van der Waals surface area (Å²) >= 11 is 0. The Kier molecular flexibility index (Phi) is 3.69. The Balaban J connectivity index is 1.70. The number of aromatic nitrogens is 2. The van der Waals surface area contributed by atoms with Gasteiger partial charge in [0.15, 0.2) is 0 Å². The van der Waals surface area contributed by atoms with Crippen LogP contribution in [0.15, 0.2) is 12.5 Å². The lowest BCUT2D eigenvalue weighted by molar-refractivity contribution is 0.228. The molecule has 1 aromatic heterocycles. The van der Waals surface area contributed by atoms with Gasteiger partial charge in [-0.1, -0.05) is 26.2 Å². The molecule has 3 nitrogen and oxygen atoms in total. The zero-order valence-corrected chi connectivity index (χ0v) is 11.4. The van der Waals surface area contributed by atoms with Gasteiger partial charge in [0.05, 0.1) is 12.0 Å². The number of rotatable bonds is 5. The minimum atomic E-state index is 0.697. The molecule has 2 aliphatic carbocycles. The third-order valence-electron chi connectivity index (χ3n) is 4.65. The molecule has 18 heavy (non-hydrogen) atoms. The zero-order chi connectivity index (χ0) is 12.4. The Morgan fingerprint density at radius 2 is 2.11 bits per heavy atom. The highest BCUT2D eigenvalue weighted by Gasteiger charge is 2.27. The smallest absolute Gasteiger partial charge is 0.0951 e. The zero-order valence-electron chi connectivity index (χ0n) is 11.4. The van der Waals surface area contributed by atoms with E-state index >= 15 is 0 Å². The minimum absolute atomic E-state index is 0.697. The third-order valence-corrected chi connectivity index (χ3v) is 4.65. The van der Waals surface area contributed by atoms with E-state index in [1.165, 1.54) is 50.6 Å². The maximum Gasteiger partial charge on any atom is 0.0951 e. The van der Waals surface area contributed by atoms with Gasteiger partial charge < -0.3 is 9.88 Å². The highest BCUT2D eigenvalue weighted by atomic mass is 15.1. The molecule has 2 saturated carbocycles. The summed E-state index contributed by atoms with van der Waals surface area (Å²) in [6, 6.07) is 1.48. The molecule has 0 bridgehead atoms. The monoisotopic (exact) mass is 247 g/mol. The molecule has 1 heterocycles. The number of hydrogen-bond acceptors (Lipinski definition) is 2. The molecule has 0 radical (unpaired) electrons. The number of imidazole rings is 1. The maximum atomic E-state index is 4.39. The summed E-state index contributed by atoms with van der Waals surface area (Å²) in [5.41, 5.74) is 1.38. The van der Waals surface area contributed by atoms with Crippen LogP contribution in [0, 0.1) is 5.92 Å². The molecule has 2 aliphatic rings. The van der Waals surface area contributed by atoms with Crippen molar-refractivity contribution in [1.82, 2.24) is 14.9 Å². The van der Waals surface area contributed by atoms with Crippen LogP contribution >= 0.6 is 0 Å². The first-order valence-electron chi connectivity index (χ1n) is 7.62. The number of nitrogens with zero attached hydrogens (tertiary/aromatic N) is 2. The van der Waals surface area contributed by atoms with Gasteiger partial charge >= 0.3 is 0 Å². The van der Waals surface area contributed by atoms with E-state index in [-0.39, 0.29) is 0 Å². The SMILES string of the molecule is CCC1CCCCC1n1cncc1CNC1CC1. The van der Waals surface area contributed by atoms with Crippen LogP contribution in [0.1, 0.15) is 63.6 Å². The summed E-state index contributed by atoms with van der Waals surface area (Å²) < 4.78 is 2.46. The highest BCUT2D eigenvalue weighted by Crippen LogP contribution is 2.36. The standard InChI is InChI=1S/C15H25N3/c1-2-12-5-3-4-6-15(12)18-11-16-9-14(18)10-17-13-7-8-13/h9,11-13,15,17H,2-8,10H2,1H3. The average molecular weight is 247 g/mol. The van der Waals surface area contributed by atoms with Crippen LogP contribution in [0.2, 0.25) is 0 Å². The van der Waals surface area contributed by atoms with Gasteiger partial charge in [0, 0.05) is 24.8 Å². The molecular formula is C15H25N3. The van der Waals surface area contributed by atoms with Crippen molar-refractivity contribution >= 4 is 0 Å². The third kappa shape index (κ3) is 2.61. The summed E-state index contributed by atoms with van der Waals surface area (Å²) in [4.78, 5) is 4.39. The van der Waals surface area contributed by atoms with E-state index < -0.39 is 0 Å². The van der Waals surface area contributed by atoms with E-state index in [4.69, 9.17) is 0 Å². The average Bonchev–Trinajstić information content (AvgIpc) is 3.13. The summed E-state index contributed by atoms with van der Waals surface area (Å²) in [6.07, 6.45) is 13.7. The fraction of sp³-hybridized carbons (Fsp3) is 0.800. The van der Waals surface area contributed by atoms with Crippen LogP contribution in [0.5, 0.6) is 0 Å². The fourth-order valence-electron chi connectivity index (χ4n) is 3.33. The van der Waals surface area contributed by atoms with E-state index in [0.717, 1.165) is 18.5 Å². The van der Waals surface area contributed by atoms with Gasteiger partial charge in [-0.2, -0.15) is 0 Å². The Morgan fingerprint density at radius 3 is 2.89 bits per heavy atom. The molecular weight excluding hydrogens is 222 g/mol. The van der Waals surface area contributed by atoms with Crippen LogP contribution in [-0.4, -0.2) is 15.6 Å². The fourth-order valence-corrected chi connectivity index (χ4v) is 3.33. The van der Waals surface area contributed by atoms with Crippen molar-refractivity contribution in [2.24, 2.45) is 5.92 Å². The quantitative estimate of drug-likeness (QED) is 0.865. The summed E-state index contributed by atoms with van der Waals surface area (Å²) in [6.45, 7) is 3.33. The molecule has 100 valence electrons. The van der Waals surface area contributed by atoms with Gasteiger partial charge in [0.1, 0.15) is 0 Å². The van der Waals surface area contributed by atoms with Crippen LogP contribution in [0.3, 0.4) is 0 Å². The number of nitrogens with one attached hydrogen (secondary N) is 1. The lowest BCUT2D eigenvalue weighted by atomic mass is 9.82. The van der Waals surface area contributed by atoms with Gasteiger partial charge in [0.2, 0.25) is 0 Å². The van der Waals surface area contributed by atoms with Crippen LogP contribution in [0.25, 0.3) is 0 Å². The van der Waals surface area contributed by atoms with Crippen LogP contribution in [-0.2, 0) is 6.54 Å². The summed E-state index contributed by atoms with van der Waals surface area (Å²) in [5.74, 6) is 0.854. The molecule has 2 unspecified atom stereocenters. The van der Waals surface area contributed by atoms with E-state index in [2.05, 4.69) is 34.3 Å². The summed E-state index contributed by atoms with van der Waals surface area (Å²) in [5, 5.41) is 3.61. The van der Waals surface area contributed by atoms with Crippen molar-refractivity contribution in [3.05, 3.63) is 18.2 Å². The Labute approximate surface area is 110 Å². The molecule has 2 fully saturated rings. The molecule has 0 saturated heterocycles. The van der Waals surface area contributed by atoms with E-state index in [1.54, 1.807) is 0 Å². The first kappa shape index (κ1) is 12.2. The van der Waals surface area contributed by atoms with E-state index in [9.17, 15) is 0 Å².